The first-order valence-electron chi connectivity index (χ1n) is 9.86. The van der Waals surface area contributed by atoms with Gasteiger partial charge < -0.3 is 9.88 Å². The largest absolute Gasteiger partial charge is 0.348 e. The molecule has 0 radical (unpaired) electrons. The zero-order valence-electron chi connectivity index (χ0n) is 18.0. The molecule has 1 aromatic heterocycles. The van der Waals surface area contributed by atoms with Crippen LogP contribution in [0.2, 0.25) is 5.02 Å². The topological polar surface area (TPSA) is 51.1 Å². The second kappa shape index (κ2) is 9.27. The number of halogens is 1. The maximum absolute atomic E-state index is 13.0. The van der Waals surface area contributed by atoms with Crippen molar-refractivity contribution in [1.29, 1.82) is 0 Å². The van der Waals surface area contributed by atoms with E-state index in [9.17, 15) is 9.59 Å². The van der Waals surface area contributed by atoms with Crippen LogP contribution in [0, 0.1) is 6.92 Å². The molecular formula is C24H29ClN2O2. The monoisotopic (exact) mass is 412 g/mol. The highest BCUT2D eigenvalue weighted by atomic mass is 35.5. The standard InChI is InChI=1S/C22H23ClN2O2.C2H6/c1-14-5-10-19-17(11-14)20(26)18(13-25(19)22(2,3)4)21(27)24-12-15-6-8-16(23)9-7-15;1-2/h5-11,13H,12H2,1-4H3,(H,24,27);1-2H3. The first kappa shape index (κ1) is 22.7. The van der Waals surface area contributed by atoms with E-state index in [4.69, 9.17) is 11.6 Å². The Morgan fingerprint density at radius 1 is 1.07 bits per heavy atom. The summed E-state index contributed by atoms with van der Waals surface area (Å²) in [5.74, 6) is -0.378. The molecule has 0 aliphatic heterocycles. The molecule has 0 spiro atoms. The van der Waals surface area contributed by atoms with Gasteiger partial charge in [-0.1, -0.05) is 49.2 Å². The second-order valence-electron chi connectivity index (χ2n) is 7.74. The van der Waals surface area contributed by atoms with Crippen LogP contribution in [-0.2, 0) is 12.1 Å². The van der Waals surface area contributed by atoms with Gasteiger partial charge in [-0.3, -0.25) is 9.59 Å². The van der Waals surface area contributed by atoms with Crippen LogP contribution in [0.3, 0.4) is 0 Å². The Balaban J connectivity index is 0.00000145. The summed E-state index contributed by atoms with van der Waals surface area (Å²) in [7, 11) is 0. The quantitative estimate of drug-likeness (QED) is 0.602. The average molecular weight is 413 g/mol. The highest BCUT2D eigenvalue weighted by molar-refractivity contribution is 6.30. The number of fused-ring (bicyclic) bond motifs is 1. The minimum absolute atomic E-state index is 0.150. The number of nitrogens with zero attached hydrogens (tertiary/aromatic N) is 1. The number of nitrogens with one attached hydrogen (secondary N) is 1. The molecule has 0 aliphatic carbocycles. The van der Waals surface area contributed by atoms with Gasteiger partial charge in [0, 0.05) is 28.7 Å². The van der Waals surface area contributed by atoms with Gasteiger partial charge in [0.1, 0.15) is 5.56 Å². The van der Waals surface area contributed by atoms with E-state index in [1.54, 1.807) is 18.3 Å². The molecule has 0 saturated carbocycles. The fourth-order valence-electron chi connectivity index (χ4n) is 3.04. The van der Waals surface area contributed by atoms with Crippen molar-refractivity contribution in [1.82, 2.24) is 9.88 Å². The van der Waals surface area contributed by atoms with Crippen molar-refractivity contribution in [2.45, 2.75) is 53.6 Å². The number of aryl methyl sites for hydroxylation is 1. The maximum atomic E-state index is 13.0. The molecular weight excluding hydrogens is 384 g/mol. The predicted octanol–water partition coefficient (Wildman–Crippen LogP) is 5.67. The van der Waals surface area contributed by atoms with Crippen molar-refractivity contribution in [2.75, 3.05) is 0 Å². The van der Waals surface area contributed by atoms with Gasteiger partial charge in [0.25, 0.3) is 5.91 Å². The van der Waals surface area contributed by atoms with Crippen molar-refractivity contribution in [3.63, 3.8) is 0 Å². The molecule has 1 N–H and O–H groups in total. The van der Waals surface area contributed by atoms with Crippen LogP contribution in [0.1, 0.15) is 56.1 Å². The van der Waals surface area contributed by atoms with Crippen LogP contribution in [-0.4, -0.2) is 10.5 Å². The summed E-state index contributed by atoms with van der Waals surface area (Å²) in [6.07, 6.45) is 1.66. The summed E-state index contributed by atoms with van der Waals surface area (Å²) in [6, 6.07) is 13.0. The summed E-state index contributed by atoms with van der Waals surface area (Å²) < 4.78 is 1.99. The lowest BCUT2D eigenvalue weighted by Gasteiger charge is -2.26. The van der Waals surface area contributed by atoms with E-state index in [1.165, 1.54) is 0 Å². The molecule has 5 heteroatoms. The van der Waals surface area contributed by atoms with Crippen LogP contribution in [0.25, 0.3) is 10.9 Å². The van der Waals surface area contributed by atoms with Gasteiger partial charge in [0.05, 0.1) is 5.52 Å². The van der Waals surface area contributed by atoms with Gasteiger partial charge in [0.15, 0.2) is 0 Å². The number of hydrogen-bond donors (Lipinski definition) is 1. The molecule has 2 aromatic carbocycles. The highest BCUT2D eigenvalue weighted by Gasteiger charge is 2.21. The molecule has 0 unspecified atom stereocenters. The number of amides is 1. The number of rotatable bonds is 3. The number of pyridine rings is 1. The summed E-state index contributed by atoms with van der Waals surface area (Å²) in [5, 5.41) is 4.04. The Hall–Kier alpha value is -2.59. The normalized spacial score (nSPS) is 11.0. The summed E-state index contributed by atoms with van der Waals surface area (Å²) in [6.45, 7) is 12.4. The van der Waals surface area contributed by atoms with E-state index in [1.807, 2.05) is 76.4 Å². The molecule has 29 heavy (non-hydrogen) atoms. The lowest BCUT2D eigenvalue weighted by atomic mass is 10.0. The Morgan fingerprint density at radius 2 is 1.69 bits per heavy atom. The van der Waals surface area contributed by atoms with Crippen LogP contribution >= 0.6 is 11.6 Å². The Morgan fingerprint density at radius 3 is 2.28 bits per heavy atom. The molecule has 1 amide bonds. The van der Waals surface area contributed by atoms with Crippen molar-refractivity contribution in [3.05, 3.63) is 80.6 Å². The molecule has 0 saturated heterocycles. The van der Waals surface area contributed by atoms with Crippen LogP contribution in [0.15, 0.2) is 53.5 Å². The van der Waals surface area contributed by atoms with Gasteiger partial charge in [0.2, 0.25) is 5.43 Å². The van der Waals surface area contributed by atoms with Gasteiger partial charge in [-0.15, -0.1) is 0 Å². The van der Waals surface area contributed by atoms with E-state index in [0.717, 1.165) is 16.6 Å². The Labute approximate surface area is 177 Å². The van der Waals surface area contributed by atoms with Gasteiger partial charge in [-0.2, -0.15) is 0 Å². The number of benzene rings is 2. The van der Waals surface area contributed by atoms with Gasteiger partial charge in [-0.25, -0.2) is 0 Å². The summed E-state index contributed by atoms with van der Waals surface area (Å²) >= 11 is 5.89. The fourth-order valence-corrected chi connectivity index (χ4v) is 3.17. The zero-order chi connectivity index (χ0) is 21.8. The molecule has 154 valence electrons. The summed E-state index contributed by atoms with van der Waals surface area (Å²) in [5.41, 5.74) is 2.36. The molecule has 3 aromatic rings. The fraction of sp³-hybridized carbons (Fsp3) is 0.333. The number of aromatic nitrogens is 1. The highest BCUT2D eigenvalue weighted by Crippen LogP contribution is 2.22. The minimum Gasteiger partial charge on any atom is -0.348 e. The van der Waals surface area contributed by atoms with Crippen molar-refractivity contribution in [2.24, 2.45) is 0 Å². The van der Waals surface area contributed by atoms with E-state index in [-0.39, 0.29) is 22.4 Å². The number of hydrogen-bond acceptors (Lipinski definition) is 2. The van der Waals surface area contributed by atoms with Crippen molar-refractivity contribution >= 4 is 28.4 Å². The molecule has 3 rings (SSSR count). The first-order chi connectivity index (χ1) is 13.7. The third-order valence-electron chi connectivity index (χ3n) is 4.49. The smallest absolute Gasteiger partial charge is 0.257 e. The van der Waals surface area contributed by atoms with E-state index >= 15 is 0 Å². The molecule has 0 aliphatic rings. The summed E-state index contributed by atoms with van der Waals surface area (Å²) in [4.78, 5) is 25.7. The molecule has 4 nitrogen and oxygen atoms in total. The second-order valence-corrected chi connectivity index (χ2v) is 8.18. The third-order valence-corrected chi connectivity index (χ3v) is 4.74. The van der Waals surface area contributed by atoms with E-state index < -0.39 is 0 Å². The number of carbonyl (C=O) groups excluding carboxylic acids is 1. The Kier molecular flexibility index (Phi) is 7.26. The van der Waals surface area contributed by atoms with E-state index in [2.05, 4.69) is 5.32 Å². The third kappa shape index (κ3) is 5.27. The Bertz CT molecular complexity index is 1060. The van der Waals surface area contributed by atoms with Crippen molar-refractivity contribution < 1.29 is 4.79 Å². The first-order valence-corrected chi connectivity index (χ1v) is 10.2. The van der Waals surface area contributed by atoms with E-state index in [0.29, 0.717) is 17.0 Å². The molecule has 0 fully saturated rings. The SMILES string of the molecule is CC.Cc1ccc2c(c1)c(=O)c(C(=O)NCc1ccc(Cl)cc1)cn2C(C)(C)C. The molecule has 0 bridgehead atoms. The van der Waals surface area contributed by atoms with Crippen LogP contribution < -0.4 is 10.7 Å². The van der Waals surface area contributed by atoms with Crippen LogP contribution in [0.4, 0.5) is 0 Å². The number of carbonyl (C=O) groups is 1. The van der Waals surface area contributed by atoms with Crippen molar-refractivity contribution in [3.8, 4) is 0 Å². The minimum atomic E-state index is -0.378. The van der Waals surface area contributed by atoms with Gasteiger partial charge in [-0.05, 0) is 57.5 Å². The molecule has 1 heterocycles. The zero-order valence-corrected chi connectivity index (χ0v) is 18.7. The lowest BCUT2D eigenvalue weighted by molar-refractivity contribution is 0.0949. The average Bonchev–Trinajstić information content (AvgIpc) is 2.68. The van der Waals surface area contributed by atoms with Crippen LogP contribution in [0.5, 0.6) is 0 Å². The maximum Gasteiger partial charge on any atom is 0.257 e. The van der Waals surface area contributed by atoms with Gasteiger partial charge >= 0.3 is 0 Å². The predicted molar refractivity (Wildman–Crippen MR) is 122 cm³/mol. The molecule has 0 atom stereocenters. The lowest BCUT2D eigenvalue weighted by Crippen LogP contribution is -2.32.